The molecule has 130 valence electrons. The van der Waals surface area contributed by atoms with Gasteiger partial charge in [-0.15, -0.1) is 0 Å². The number of benzene rings is 1. The van der Waals surface area contributed by atoms with Crippen molar-refractivity contribution in [3.05, 3.63) is 23.3 Å². The Kier molecular flexibility index (Phi) is 4.63. The Morgan fingerprint density at radius 1 is 1.38 bits per heavy atom. The molecule has 1 aliphatic heterocycles. The quantitative estimate of drug-likeness (QED) is 0.904. The minimum Gasteiger partial charge on any atom is -0.302 e. The Hall–Kier alpha value is -1.51. The molecule has 0 spiro atoms. The monoisotopic (exact) mass is 367 g/mol. The lowest BCUT2D eigenvalue weighted by Gasteiger charge is -2.29. The number of amides is 1. The second-order valence-corrected chi connectivity index (χ2v) is 9.41. The molecule has 2 heterocycles. The van der Waals surface area contributed by atoms with Crippen LogP contribution in [0.1, 0.15) is 24.0 Å². The van der Waals surface area contributed by atoms with Crippen molar-refractivity contribution >= 4 is 42.6 Å². The Morgan fingerprint density at radius 2 is 2.12 bits per heavy atom. The summed E-state index contributed by atoms with van der Waals surface area (Å²) >= 11 is 1.45. The van der Waals surface area contributed by atoms with Crippen LogP contribution in [0.5, 0.6) is 0 Å². The highest BCUT2D eigenvalue weighted by molar-refractivity contribution is 7.88. The molecule has 6 nitrogen and oxygen atoms in total. The maximum atomic E-state index is 12.5. The maximum absolute atomic E-state index is 12.5. The average molecular weight is 367 g/mol. The lowest BCUT2D eigenvalue weighted by Crippen LogP contribution is -2.43. The summed E-state index contributed by atoms with van der Waals surface area (Å²) in [6, 6.07) is 4.13. The number of piperidine rings is 1. The summed E-state index contributed by atoms with van der Waals surface area (Å²) in [7, 11) is -3.26. The summed E-state index contributed by atoms with van der Waals surface area (Å²) in [6.45, 7) is 4.77. The highest BCUT2D eigenvalue weighted by Gasteiger charge is 2.30. The summed E-state index contributed by atoms with van der Waals surface area (Å²) in [5.41, 5.74) is 3.16. The smallest absolute Gasteiger partial charge is 0.230 e. The van der Waals surface area contributed by atoms with Gasteiger partial charge in [0.15, 0.2) is 5.13 Å². The molecule has 1 unspecified atom stereocenters. The molecule has 8 heteroatoms. The number of hydrogen-bond acceptors (Lipinski definition) is 5. The van der Waals surface area contributed by atoms with Crippen LogP contribution in [0.3, 0.4) is 0 Å². The third kappa shape index (κ3) is 3.60. The molecule has 1 aliphatic rings. The highest BCUT2D eigenvalue weighted by Crippen LogP contribution is 2.30. The van der Waals surface area contributed by atoms with E-state index in [9.17, 15) is 13.2 Å². The molecule has 1 fully saturated rings. The first-order valence-corrected chi connectivity index (χ1v) is 10.5. The van der Waals surface area contributed by atoms with E-state index >= 15 is 0 Å². The Balaban J connectivity index is 1.76. The highest BCUT2D eigenvalue weighted by atomic mass is 32.2. The van der Waals surface area contributed by atoms with E-state index in [-0.39, 0.29) is 18.4 Å². The van der Waals surface area contributed by atoms with Crippen molar-refractivity contribution in [2.75, 3.05) is 24.7 Å². The normalized spacial score (nSPS) is 19.5. The van der Waals surface area contributed by atoms with Gasteiger partial charge in [-0.25, -0.2) is 17.7 Å². The van der Waals surface area contributed by atoms with Crippen LogP contribution in [-0.2, 0) is 14.8 Å². The Bertz CT molecular complexity index is 889. The first-order valence-electron chi connectivity index (χ1n) is 7.88. The molecule has 2 aromatic rings. The van der Waals surface area contributed by atoms with Crippen LogP contribution in [0, 0.1) is 19.8 Å². The van der Waals surface area contributed by atoms with E-state index in [1.54, 1.807) is 0 Å². The lowest BCUT2D eigenvalue weighted by atomic mass is 9.99. The second-order valence-electron chi connectivity index (χ2n) is 6.40. The fourth-order valence-corrected chi connectivity index (χ4v) is 5.05. The molecule has 0 radical (unpaired) electrons. The van der Waals surface area contributed by atoms with Crippen molar-refractivity contribution in [2.24, 2.45) is 5.92 Å². The number of thiazole rings is 1. The van der Waals surface area contributed by atoms with Gasteiger partial charge in [0.25, 0.3) is 0 Å². The third-order valence-electron chi connectivity index (χ3n) is 4.28. The maximum Gasteiger partial charge on any atom is 0.230 e. The number of nitrogens with zero attached hydrogens (tertiary/aromatic N) is 2. The van der Waals surface area contributed by atoms with Gasteiger partial charge in [-0.3, -0.25) is 4.79 Å². The first kappa shape index (κ1) is 17.3. The van der Waals surface area contributed by atoms with E-state index in [1.165, 1.54) is 21.9 Å². The van der Waals surface area contributed by atoms with Crippen LogP contribution in [0.25, 0.3) is 10.2 Å². The number of nitrogens with one attached hydrogen (secondary N) is 1. The van der Waals surface area contributed by atoms with Gasteiger partial charge in [-0.05, 0) is 43.9 Å². The minimum absolute atomic E-state index is 0.156. The molecule has 1 atom stereocenters. The number of carbonyl (C=O) groups excluding carboxylic acids is 1. The van der Waals surface area contributed by atoms with Crippen molar-refractivity contribution in [3.8, 4) is 0 Å². The zero-order valence-corrected chi connectivity index (χ0v) is 15.6. The number of carbonyl (C=O) groups is 1. The van der Waals surface area contributed by atoms with E-state index < -0.39 is 10.0 Å². The summed E-state index contributed by atoms with van der Waals surface area (Å²) in [4.78, 5) is 17.0. The minimum atomic E-state index is -3.26. The molecule has 0 aliphatic carbocycles. The van der Waals surface area contributed by atoms with Crippen molar-refractivity contribution in [3.63, 3.8) is 0 Å². The molecule has 0 bridgehead atoms. The zero-order valence-electron chi connectivity index (χ0n) is 14.0. The van der Waals surface area contributed by atoms with Crippen molar-refractivity contribution < 1.29 is 13.2 Å². The number of aromatic nitrogens is 1. The summed E-state index contributed by atoms with van der Waals surface area (Å²) < 4.78 is 25.8. The predicted octanol–water partition coefficient (Wildman–Crippen LogP) is 2.52. The predicted molar refractivity (Wildman–Crippen MR) is 96.9 cm³/mol. The van der Waals surface area contributed by atoms with Crippen LogP contribution in [-0.4, -0.2) is 43.0 Å². The van der Waals surface area contributed by atoms with Gasteiger partial charge in [0.1, 0.15) is 0 Å². The van der Waals surface area contributed by atoms with Crippen LogP contribution in [0.4, 0.5) is 5.13 Å². The molecule has 1 N–H and O–H groups in total. The zero-order chi connectivity index (χ0) is 17.5. The average Bonchev–Trinajstić information content (AvgIpc) is 2.89. The molecular formula is C16H21N3O3S2. The Labute approximate surface area is 145 Å². The summed E-state index contributed by atoms with van der Waals surface area (Å²) in [5, 5.41) is 3.44. The molecule has 0 saturated carbocycles. The molecule has 1 aromatic heterocycles. The number of fused-ring (bicyclic) bond motifs is 1. The number of sulfonamides is 1. The first-order chi connectivity index (χ1) is 11.2. The van der Waals surface area contributed by atoms with E-state index in [4.69, 9.17) is 0 Å². The Morgan fingerprint density at radius 3 is 2.83 bits per heavy atom. The van der Waals surface area contributed by atoms with E-state index in [2.05, 4.69) is 22.4 Å². The SMILES string of the molecule is Cc1cc(C)c2nc(NC(=O)C3CCCN(S(C)(=O)=O)C3)sc2c1. The van der Waals surface area contributed by atoms with Gasteiger partial charge in [-0.1, -0.05) is 17.4 Å². The van der Waals surface area contributed by atoms with Crippen LogP contribution in [0.2, 0.25) is 0 Å². The molecule has 1 amide bonds. The number of hydrogen-bond donors (Lipinski definition) is 1. The van der Waals surface area contributed by atoms with E-state index in [0.29, 0.717) is 24.5 Å². The molecule has 24 heavy (non-hydrogen) atoms. The van der Waals surface area contributed by atoms with Gasteiger partial charge in [0, 0.05) is 13.1 Å². The number of rotatable bonds is 3. The van der Waals surface area contributed by atoms with Crippen LogP contribution < -0.4 is 5.32 Å². The number of anilines is 1. The van der Waals surface area contributed by atoms with Crippen molar-refractivity contribution in [2.45, 2.75) is 26.7 Å². The van der Waals surface area contributed by atoms with Crippen molar-refractivity contribution in [1.82, 2.24) is 9.29 Å². The second kappa shape index (κ2) is 6.42. The molecule has 3 rings (SSSR count). The molecule has 1 aromatic carbocycles. The standard InChI is InChI=1S/C16H21N3O3S2/c1-10-7-11(2)14-13(8-10)23-16(17-14)18-15(20)12-5-4-6-19(9-12)24(3,21)22/h7-8,12H,4-6,9H2,1-3H3,(H,17,18,20). The van der Waals surface area contributed by atoms with Gasteiger partial charge >= 0.3 is 0 Å². The van der Waals surface area contributed by atoms with E-state index in [1.807, 2.05) is 13.8 Å². The third-order valence-corrected chi connectivity index (χ3v) is 6.47. The van der Waals surface area contributed by atoms with Gasteiger partial charge in [0.05, 0.1) is 22.4 Å². The van der Waals surface area contributed by atoms with Gasteiger partial charge < -0.3 is 5.32 Å². The van der Waals surface area contributed by atoms with Crippen LogP contribution in [0.15, 0.2) is 12.1 Å². The summed E-state index contributed by atoms with van der Waals surface area (Å²) in [6.07, 6.45) is 2.58. The van der Waals surface area contributed by atoms with Crippen molar-refractivity contribution in [1.29, 1.82) is 0 Å². The fraction of sp³-hybridized carbons (Fsp3) is 0.500. The van der Waals surface area contributed by atoms with Crippen LogP contribution >= 0.6 is 11.3 Å². The lowest BCUT2D eigenvalue weighted by molar-refractivity contribution is -0.120. The van der Waals surface area contributed by atoms with Gasteiger partial charge in [-0.2, -0.15) is 0 Å². The molecular weight excluding hydrogens is 346 g/mol. The largest absolute Gasteiger partial charge is 0.302 e. The fourth-order valence-electron chi connectivity index (χ4n) is 3.09. The summed E-state index contributed by atoms with van der Waals surface area (Å²) in [5.74, 6) is -0.486. The molecule has 1 saturated heterocycles. The van der Waals surface area contributed by atoms with E-state index in [0.717, 1.165) is 21.3 Å². The topological polar surface area (TPSA) is 79.4 Å². The van der Waals surface area contributed by atoms with Gasteiger partial charge in [0.2, 0.25) is 15.9 Å². The number of aryl methyl sites for hydroxylation is 2.